The van der Waals surface area contributed by atoms with Gasteiger partial charge in [-0.2, -0.15) is 0 Å². The predicted octanol–water partition coefficient (Wildman–Crippen LogP) is 3.57. The number of rotatable bonds is 5. The molecule has 2 aromatic carbocycles. The van der Waals surface area contributed by atoms with Crippen molar-refractivity contribution in [2.24, 2.45) is 5.16 Å². The number of nitrogens with zero attached hydrogens (tertiary/aromatic N) is 1. The lowest BCUT2D eigenvalue weighted by Crippen LogP contribution is -2.36. The van der Waals surface area contributed by atoms with Crippen molar-refractivity contribution < 1.29 is 9.63 Å². The van der Waals surface area contributed by atoms with E-state index in [1.807, 2.05) is 24.3 Å². The lowest BCUT2D eigenvalue weighted by Gasteiger charge is -2.16. The van der Waals surface area contributed by atoms with Crippen molar-refractivity contribution in [3.05, 3.63) is 71.3 Å². The average Bonchev–Trinajstić information content (AvgIpc) is 3.29. The minimum atomic E-state index is -0.487. The van der Waals surface area contributed by atoms with Crippen molar-refractivity contribution in [3.63, 3.8) is 0 Å². The van der Waals surface area contributed by atoms with Crippen LogP contribution >= 0.6 is 0 Å². The summed E-state index contributed by atoms with van der Waals surface area (Å²) in [5.74, 6) is -0.0554. The fraction of sp³-hybridized carbons (Fsp3) is 0.333. The highest BCUT2D eigenvalue weighted by atomic mass is 16.6. The van der Waals surface area contributed by atoms with Crippen molar-refractivity contribution >= 4 is 11.6 Å². The summed E-state index contributed by atoms with van der Waals surface area (Å²) < 4.78 is 0. The van der Waals surface area contributed by atoms with Crippen molar-refractivity contribution in [2.75, 3.05) is 0 Å². The number of benzene rings is 2. The van der Waals surface area contributed by atoms with Gasteiger partial charge >= 0.3 is 0 Å². The van der Waals surface area contributed by atoms with E-state index in [-0.39, 0.29) is 11.9 Å². The van der Waals surface area contributed by atoms with Crippen LogP contribution in [0.15, 0.2) is 59.8 Å². The van der Waals surface area contributed by atoms with E-state index < -0.39 is 6.10 Å². The topological polar surface area (TPSA) is 50.7 Å². The van der Waals surface area contributed by atoms with Gasteiger partial charge in [-0.15, -0.1) is 0 Å². The van der Waals surface area contributed by atoms with Crippen LogP contribution in [0.5, 0.6) is 0 Å². The van der Waals surface area contributed by atoms with Crippen LogP contribution in [0, 0.1) is 0 Å². The lowest BCUT2D eigenvalue weighted by atomic mass is 10.0. The number of hydrogen-bond acceptors (Lipinski definition) is 3. The third-order valence-electron chi connectivity index (χ3n) is 5.02. The predicted molar refractivity (Wildman–Crippen MR) is 97.3 cm³/mol. The molecule has 2 aromatic rings. The van der Waals surface area contributed by atoms with Crippen LogP contribution in [0.1, 0.15) is 42.0 Å². The Morgan fingerprint density at radius 1 is 1.08 bits per heavy atom. The Bertz CT molecular complexity index is 785. The maximum Gasteiger partial charge on any atom is 0.264 e. The summed E-state index contributed by atoms with van der Waals surface area (Å²) in [4.78, 5) is 17.9. The van der Waals surface area contributed by atoms with Crippen molar-refractivity contribution in [1.82, 2.24) is 5.32 Å². The summed E-state index contributed by atoms with van der Waals surface area (Å²) in [6.07, 6.45) is 3.84. The van der Waals surface area contributed by atoms with E-state index >= 15 is 0 Å². The number of oxime groups is 1. The minimum absolute atomic E-state index is 0.0554. The zero-order valence-corrected chi connectivity index (χ0v) is 14.2. The number of amides is 1. The highest BCUT2D eigenvalue weighted by molar-refractivity contribution is 5.93. The Morgan fingerprint density at radius 3 is 2.76 bits per heavy atom. The van der Waals surface area contributed by atoms with Gasteiger partial charge in [0.15, 0.2) is 0 Å². The average molecular weight is 334 g/mol. The van der Waals surface area contributed by atoms with Gasteiger partial charge in [0.25, 0.3) is 5.91 Å². The van der Waals surface area contributed by atoms with Crippen LogP contribution in [0.2, 0.25) is 0 Å². The second-order valence-corrected chi connectivity index (χ2v) is 6.74. The zero-order valence-electron chi connectivity index (χ0n) is 14.2. The van der Waals surface area contributed by atoms with Gasteiger partial charge < -0.3 is 10.2 Å². The number of fused-ring (bicyclic) bond motifs is 1. The van der Waals surface area contributed by atoms with Crippen LogP contribution in [0.25, 0.3) is 0 Å². The van der Waals surface area contributed by atoms with Gasteiger partial charge in [0, 0.05) is 6.42 Å². The van der Waals surface area contributed by atoms with Gasteiger partial charge in [0.05, 0.1) is 11.8 Å². The van der Waals surface area contributed by atoms with E-state index in [1.165, 1.54) is 16.7 Å². The van der Waals surface area contributed by atoms with Crippen molar-refractivity contribution in [1.29, 1.82) is 0 Å². The zero-order chi connectivity index (χ0) is 17.1. The molecule has 1 heterocycles. The first-order chi connectivity index (χ1) is 12.3. The molecule has 1 N–H and O–H groups in total. The Labute approximate surface area is 147 Å². The molecule has 0 fully saturated rings. The first-order valence-electron chi connectivity index (χ1n) is 8.93. The SMILES string of the molecule is O=C(N[C@@H]1CCc2ccccc21)[C@@H]1CC(CCc2ccccc2)=NO1. The maximum atomic E-state index is 12.5. The number of carbonyl (C=O) groups is 1. The second kappa shape index (κ2) is 7.09. The van der Waals surface area contributed by atoms with Gasteiger partial charge in [0.2, 0.25) is 6.10 Å². The van der Waals surface area contributed by atoms with E-state index in [2.05, 4.69) is 40.8 Å². The summed E-state index contributed by atoms with van der Waals surface area (Å²) in [5, 5.41) is 7.26. The molecule has 0 spiro atoms. The molecule has 2 aliphatic rings. The summed E-state index contributed by atoms with van der Waals surface area (Å²) in [6.45, 7) is 0. The molecule has 0 bridgehead atoms. The quantitative estimate of drug-likeness (QED) is 0.909. The number of nitrogens with one attached hydrogen (secondary N) is 1. The van der Waals surface area contributed by atoms with Gasteiger partial charge in [-0.25, -0.2) is 0 Å². The highest BCUT2D eigenvalue weighted by Crippen LogP contribution is 2.31. The van der Waals surface area contributed by atoms with Crippen LogP contribution in [0.4, 0.5) is 0 Å². The Hall–Kier alpha value is -2.62. The third-order valence-corrected chi connectivity index (χ3v) is 5.02. The molecule has 25 heavy (non-hydrogen) atoms. The highest BCUT2D eigenvalue weighted by Gasteiger charge is 2.31. The van der Waals surface area contributed by atoms with Crippen LogP contribution < -0.4 is 5.32 Å². The molecule has 0 unspecified atom stereocenters. The van der Waals surface area contributed by atoms with Gasteiger partial charge in [0.1, 0.15) is 0 Å². The molecule has 1 aliphatic heterocycles. The first-order valence-corrected chi connectivity index (χ1v) is 8.93. The molecule has 4 rings (SSSR count). The smallest absolute Gasteiger partial charge is 0.264 e. The molecule has 0 radical (unpaired) electrons. The summed E-state index contributed by atoms with van der Waals surface area (Å²) in [5.41, 5.74) is 4.82. The molecule has 128 valence electrons. The Balaban J connectivity index is 1.29. The second-order valence-electron chi connectivity index (χ2n) is 6.74. The number of hydrogen-bond donors (Lipinski definition) is 1. The molecule has 0 saturated heterocycles. The summed E-state index contributed by atoms with van der Waals surface area (Å²) in [6, 6.07) is 18.7. The van der Waals surface area contributed by atoms with E-state index in [0.29, 0.717) is 6.42 Å². The number of aryl methyl sites for hydroxylation is 2. The Kier molecular flexibility index (Phi) is 4.51. The van der Waals surface area contributed by atoms with Crippen molar-refractivity contribution in [2.45, 2.75) is 44.2 Å². The molecule has 1 aliphatic carbocycles. The molecule has 0 aromatic heterocycles. The van der Waals surface area contributed by atoms with E-state index in [1.54, 1.807) is 0 Å². The molecule has 0 saturated carbocycles. The minimum Gasteiger partial charge on any atom is -0.382 e. The van der Waals surface area contributed by atoms with E-state index in [9.17, 15) is 4.79 Å². The first kappa shape index (κ1) is 15.9. The third kappa shape index (κ3) is 3.58. The monoisotopic (exact) mass is 334 g/mol. The van der Waals surface area contributed by atoms with Crippen LogP contribution in [-0.2, 0) is 22.5 Å². The molecular weight excluding hydrogens is 312 g/mol. The van der Waals surface area contributed by atoms with Gasteiger partial charge in [-0.3, -0.25) is 4.79 Å². The molecule has 4 heteroatoms. The maximum absolute atomic E-state index is 12.5. The van der Waals surface area contributed by atoms with Crippen molar-refractivity contribution in [3.8, 4) is 0 Å². The fourth-order valence-electron chi connectivity index (χ4n) is 3.62. The van der Waals surface area contributed by atoms with E-state index in [0.717, 1.165) is 31.4 Å². The largest absolute Gasteiger partial charge is 0.382 e. The summed E-state index contributed by atoms with van der Waals surface area (Å²) in [7, 11) is 0. The molecule has 2 atom stereocenters. The normalized spacial score (nSPS) is 21.4. The summed E-state index contributed by atoms with van der Waals surface area (Å²) >= 11 is 0. The van der Waals surface area contributed by atoms with E-state index in [4.69, 9.17) is 4.84 Å². The molecule has 1 amide bonds. The van der Waals surface area contributed by atoms with Crippen LogP contribution in [-0.4, -0.2) is 17.7 Å². The number of carbonyl (C=O) groups excluding carboxylic acids is 1. The lowest BCUT2D eigenvalue weighted by molar-refractivity contribution is -0.131. The molecular formula is C21H22N2O2. The Morgan fingerprint density at radius 2 is 1.88 bits per heavy atom. The van der Waals surface area contributed by atoms with Crippen LogP contribution in [0.3, 0.4) is 0 Å². The fourth-order valence-corrected chi connectivity index (χ4v) is 3.62. The molecule has 4 nitrogen and oxygen atoms in total. The van der Waals surface area contributed by atoms with Gasteiger partial charge in [-0.1, -0.05) is 59.8 Å². The standard InChI is InChI=1S/C21H22N2O2/c24-21(22-19-13-11-16-8-4-5-9-18(16)19)20-14-17(23-25-20)12-10-15-6-2-1-3-7-15/h1-9,19-20H,10-14H2,(H,22,24)/t19-,20+/m1/s1. The van der Waals surface area contributed by atoms with Gasteiger partial charge in [-0.05, 0) is 42.4 Å².